The van der Waals surface area contributed by atoms with Gasteiger partial charge in [0.05, 0.1) is 0 Å². The second-order valence-electron chi connectivity index (χ2n) is 4.64. The topological polar surface area (TPSA) is 37.3 Å². The summed E-state index contributed by atoms with van der Waals surface area (Å²) in [6, 6.07) is 0. The number of alkyl halides is 3. The Morgan fingerprint density at radius 2 is 1.56 bits per heavy atom. The Morgan fingerprint density at radius 1 is 1.12 bits per heavy atom. The molecular formula is C11H17F3O2. The van der Waals surface area contributed by atoms with Crippen LogP contribution in [-0.4, -0.2) is 22.7 Å². The monoisotopic (exact) mass is 238 g/mol. The molecule has 0 aromatic heterocycles. The summed E-state index contributed by atoms with van der Waals surface area (Å²) in [5, 5.41) is 8.39. The van der Waals surface area contributed by atoms with Gasteiger partial charge in [-0.1, -0.05) is 25.7 Å². The average molecular weight is 238 g/mol. The molecule has 1 rings (SSSR count). The van der Waals surface area contributed by atoms with E-state index >= 15 is 0 Å². The highest BCUT2D eigenvalue weighted by atomic mass is 19.3. The molecule has 1 aliphatic rings. The normalized spacial score (nSPS) is 23.5. The van der Waals surface area contributed by atoms with Gasteiger partial charge in [-0.25, -0.2) is 9.18 Å². The Bertz CT molecular complexity index is 256. The molecule has 0 bridgehead atoms. The Hall–Kier alpha value is -0.740. The van der Waals surface area contributed by atoms with Gasteiger partial charge in [-0.15, -0.1) is 0 Å². The standard InChI is InChI=1S/C11H17F3O2/c1-10(12,11(13,14)9(15)16)8-6-4-2-3-5-7-8/h8H,2-7H2,1H3,(H,15,16). The first kappa shape index (κ1) is 13.3. The van der Waals surface area contributed by atoms with E-state index in [4.69, 9.17) is 5.11 Å². The van der Waals surface area contributed by atoms with Crippen molar-refractivity contribution in [3.05, 3.63) is 0 Å². The highest BCUT2D eigenvalue weighted by Crippen LogP contribution is 2.44. The fraction of sp³-hybridized carbons (Fsp3) is 0.909. The van der Waals surface area contributed by atoms with E-state index in [1.54, 1.807) is 0 Å². The Morgan fingerprint density at radius 3 is 1.94 bits per heavy atom. The number of rotatable bonds is 3. The van der Waals surface area contributed by atoms with Crippen molar-refractivity contribution < 1.29 is 23.1 Å². The van der Waals surface area contributed by atoms with Crippen LogP contribution in [0, 0.1) is 5.92 Å². The largest absolute Gasteiger partial charge is 0.477 e. The smallest absolute Gasteiger partial charge is 0.378 e. The SMILES string of the molecule is CC(F)(C1CCCCCC1)C(F)(F)C(=O)O. The van der Waals surface area contributed by atoms with Gasteiger partial charge < -0.3 is 5.11 Å². The van der Waals surface area contributed by atoms with Crippen LogP contribution in [0.25, 0.3) is 0 Å². The quantitative estimate of drug-likeness (QED) is 0.765. The summed E-state index contributed by atoms with van der Waals surface area (Å²) in [5.74, 6) is -7.54. The van der Waals surface area contributed by atoms with Gasteiger partial charge in [0.1, 0.15) is 0 Å². The van der Waals surface area contributed by atoms with Crippen molar-refractivity contribution in [2.45, 2.75) is 57.0 Å². The number of hydrogen-bond acceptors (Lipinski definition) is 1. The van der Waals surface area contributed by atoms with Gasteiger partial charge in [0.15, 0.2) is 5.67 Å². The van der Waals surface area contributed by atoms with Crippen molar-refractivity contribution in [1.29, 1.82) is 0 Å². The summed E-state index contributed by atoms with van der Waals surface area (Å²) in [4.78, 5) is 10.4. The molecule has 1 unspecified atom stereocenters. The number of carboxylic acid groups (broad SMARTS) is 1. The van der Waals surface area contributed by atoms with Crippen LogP contribution in [0.4, 0.5) is 13.2 Å². The molecule has 0 saturated heterocycles. The fourth-order valence-electron chi connectivity index (χ4n) is 2.29. The fourth-order valence-corrected chi connectivity index (χ4v) is 2.29. The molecule has 0 heterocycles. The molecule has 0 aliphatic heterocycles. The maximum absolute atomic E-state index is 14.1. The summed E-state index contributed by atoms with van der Waals surface area (Å²) < 4.78 is 40.6. The second kappa shape index (κ2) is 4.63. The molecule has 1 atom stereocenters. The molecule has 1 N–H and O–H groups in total. The van der Waals surface area contributed by atoms with E-state index in [1.807, 2.05) is 0 Å². The van der Waals surface area contributed by atoms with Crippen LogP contribution in [0.1, 0.15) is 45.4 Å². The molecule has 0 spiro atoms. The summed E-state index contributed by atoms with van der Waals surface area (Å²) in [6.07, 6.45) is 3.89. The Labute approximate surface area is 92.8 Å². The van der Waals surface area contributed by atoms with Crippen LogP contribution >= 0.6 is 0 Å². The third-order valence-corrected chi connectivity index (χ3v) is 3.50. The lowest BCUT2D eigenvalue weighted by atomic mass is 9.80. The van der Waals surface area contributed by atoms with Crippen LogP contribution < -0.4 is 0 Å². The Balaban J connectivity index is 2.85. The van der Waals surface area contributed by atoms with Gasteiger partial charge in [-0.05, 0) is 25.7 Å². The molecule has 0 radical (unpaired) electrons. The molecule has 0 aromatic carbocycles. The molecule has 16 heavy (non-hydrogen) atoms. The van der Waals surface area contributed by atoms with Gasteiger partial charge >= 0.3 is 11.9 Å². The van der Waals surface area contributed by atoms with Gasteiger partial charge in [0.2, 0.25) is 0 Å². The highest BCUT2D eigenvalue weighted by molar-refractivity contribution is 5.77. The van der Waals surface area contributed by atoms with Gasteiger partial charge in [0.25, 0.3) is 0 Å². The molecule has 1 fully saturated rings. The molecule has 1 saturated carbocycles. The lowest BCUT2D eigenvalue weighted by Gasteiger charge is -2.34. The van der Waals surface area contributed by atoms with Crippen molar-refractivity contribution in [2.75, 3.05) is 0 Å². The molecule has 0 amide bonds. The number of carbonyl (C=O) groups is 1. The molecule has 2 nitrogen and oxygen atoms in total. The molecule has 0 aromatic rings. The minimum Gasteiger partial charge on any atom is -0.477 e. The summed E-state index contributed by atoms with van der Waals surface area (Å²) in [5.41, 5.74) is -2.96. The van der Waals surface area contributed by atoms with E-state index in [9.17, 15) is 18.0 Å². The van der Waals surface area contributed by atoms with Gasteiger partial charge in [0, 0.05) is 0 Å². The van der Waals surface area contributed by atoms with E-state index in [0.717, 1.165) is 19.8 Å². The highest BCUT2D eigenvalue weighted by Gasteiger charge is 2.61. The van der Waals surface area contributed by atoms with Crippen LogP contribution in [0.15, 0.2) is 0 Å². The predicted octanol–water partition coefficient (Wildman–Crippen LogP) is 3.40. The molecule has 94 valence electrons. The zero-order valence-electron chi connectivity index (χ0n) is 9.31. The minimum absolute atomic E-state index is 0.343. The first-order valence-electron chi connectivity index (χ1n) is 5.60. The van der Waals surface area contributed by atoms with Gasteiger partial charge in [-0.2, -0.15) is 8.78 Å². The third-order valence-electron chi connectivity index (χ3n) is 3.50. The molecule has 5 heteroatoms. The van der Waals surface area contributed by atoms with Crippen molar-refractivity contribution in [3.8, 4) is 0 Å². The number of carboxylic acids is 1. The number of halogens is 3. The van der Waals surface area contributed by atoms with Crippen LogP contribution in [0.2, 0.25) is 0 Å². The van der Waals surface area contributed by atoms with Crippen molar-refractivity contribution in [1.82, 2.24) is 0 Å². The van der Waals surface area contributed by atoms with Crippen LogP contribution in [0.3, 0.4) is 0 Å². The number of aliphatic carboxylic acids is 1. The first-order chi connectivity index (χ1) is 7.30. The third kappa shape index (κ3) is 2.33. The first-order valence-corrected chi connectivity index (χ1v) is 5.60. The zero-order valence-corrected chi connectivity index (χ0v) is 9.31. The van der Waals surface area contributed by atoms with Crippen LogP contribution in [-0.2, 0) is 4.79 Å². The zero-order chi connectivity index (χ0) is 12.4. The van der Waals surface area contributed by atoms with E-state index in [-0.39, 0.29) is 0 Å². The van der Waals surface area contributed by atoms with Crippen LogP contribution in [0.5, 0.6) is 0 Å². The molecule has 1 aliphatic carbocycles. The van der Waals surface area contributed by atoms with E-state index in [0.29, 0.717) is 25.7 Å². The lowest BCUT2D eigenvalue weighted by molar-refractivity contribution is -0.198. The second-order valence-corrected chi connectivity index (χ2v) is 4.64. The lowest BCUT2D eigenvalue weighted by Crippen LogP contribution is -2.52. The minimum atomic E-state index is -4.30. The van der Waals surface area contributed by atoms with Gasteiger partial charge in [-0.3, -0.25) is 0 Å². The van der Waals surface area contributed by atoms with Crippen molar-refractivity contribution >= 4 is 5.97 Å². The maximum Gasteiger partial charge on any atom is 0.378 e. The number of hydrogen-bond donors (Lipinski definition) is 1. The van der Waals surface area contributed by atoms with Crippen molar-refractivity contribution in [2.24, 2.45) is 5.92 Å². The predicted molar refractivity (Wildman–Crippen MR) is 53.3 cm³/mol. The summed E-state index contributed by atoms with van der Waals surface area (Å²) in [7, 11) is 0. The van der Waals surface area contributed by atoms with E-state index < -0.39 is 23.5 Å². The summed E-state index contributed by atoms with van der Waals surface area (Å²) >= 11 is 0. The molecular weight excluding hydrogens is 221 g/mol. The average Bonchev–Trinajstić information content (AvgIpc) is 2.45. The van der Waals surface area contributed by atoms with E-state index in [2.05, 4.69) is 0 Å². The maximum atomic E-state index is 14.1. The Kier molecular flexibility index (Phi) is 3.86. The van der Waals surface area contributed by atoms with E-state index in [1.165, 1.54) is 0 Å². The summed E-state index contributed by atoms with van der Waals surface area (Å²) in [6.45, 7) is 0.719. The van der Waals surface area contributed by atoms with Crippen molar-refractivity contribution in [3.63, 3.8) is 0 Å².